The number of aliphatic imine (C=N–C) groups is 1. The van der Waals surface area contributed by atoms with E-state index in [0.717, 1.165) is 123 Å². The number of Topliss-reactive ketones (excluding diaryl/α,β-unsaturated/α-hetero) is 2. The maximum absolute atomic E-state index is 16.9. The van der Waals surface area contributed by atoms with Gasteiger partial charge in [0.15, 0.2) is 17.3 Å². The lowest BCUT2D eigenvalue weighted by Gasteiger charge is -2.60. The molecule has 13 aliphatic rings. The van der Waals surface area contributed by atoms with Crippen LogP contribution in [0.1, 0.15) is 193 Å². The fourth-order valence-corrected chi connectivity index (χ4v) is 20.9. The summed E-state index contributed by atoms with van der Waals surface area (Å²) in [4.78, 5) is 54.6. The molecule has 7 heterocycles. The van der Waals surface area contributed by atoms with Gasteiger partial charge in [0, 0.05) is 67.2 Å². The highest BCUT2D eigenvalue weighted by Gasteiger charge is 2.86. The summed E-state index contributed by atoms with van der Waals surface area (Å²) < 4.78 is 14.7. The number of esters is 1. The topological polar surface area (TPSA) is 236 Å². The van der Waals surface area contributed by atoms with Gasteiger partial charge in [0.25, 0.3) is 5.60 Å². The number of rotatable bonds is 10. The van der Waals surface area contributed by atoms with E-state index in [2.05, 4.69) is 99.8 Å². The average Bonchev–Trinajstić information content (AvgIpc) is 1.49. The Hall–Kier alpha value is -6.30. The largest absolute Gasteiger partial charge is 0.508 e. The van der Waals surface area contributed by atoms with Crippen LogP contribution in [0, 0.1) is 46.8 Å². The van der Waals surface area contributed by atoms with Gasteiger partial charge in [-0.15, -0.1) is 0 Å². The molecule has 16 nitrogen and oxygen atoms in total. The van der Waals surface area contributed by atoms with Crippen LogP contribution in [0.5, 0.6) is 5.75 Å². The molecular formula is C77H101N9O7. The minimum Gasteiger partial charge on any atom is -0.508 e. The predicted molar refractivity (Wildman–Crippen MR) is 362 cm³/mol. The summed E-state index contributed by atoms with van der Waals surface area (Å²) in [7, 11) is 3.80. The van der Waals surface area contributed by atoms with Gasteiger partial charge in [0.2, 0.25) is 5.78 Å². The molecule has 0 amide bonds. The predicted octanol–water partition coefficient (Wildman–Crippen LogP) is 10.1. The Morgan fingerprint density at radius 2 is 1.77 bits per heavy atom. The van der Waals surface area contributed by atoms with Crippen molar-refractivity contribution in [1.82, 2.24) is 37.2 Å². The maximum atomic E-state index is 16.9. The number of dihydropyridines is 2. The van der Waals surface area contributed by atoms with Crippen molar-refractivity contribution in [3.63, 3.8) is 0 Å². The number of ether oxygens (including phenoxy) is 2. The number of aromatic hydroxyl groups is 1. The molecule has 15 rings (SSSR count). The first-order valence-corrected chi connectivity index (χ1v) is 36.0. The molecule has 0 aromatic heterocycles. The van der Waals surface area contributed by atoms with Crippen molar-refractivity contribution >= 4 is 23.5 Å². The van der Waals surface area contributed by atoms with E-state index in [9.17, 15) is 10.2 Å². The highest BCUT2D eigenvalue weighted by Crippen LogP contribution is 2.63. The number of nitrogens with two attached hydrogens (primary N) is 1. The SMILES string of the molecule is CN=C1NCCC[C@@](C/C(C)=C/C[C@@]23O[C@@]24C(=O)O[C@H]2[C@H]5C[C@@H](O)C[C@@H]6C[C@H](c7cccc(O)c7)C7=CC(=CNC7N)C[C@](C)(CCCC[C@@H]7CC=CC8=C[C@](NCC9CCCCC9)(C[C@@H]65)[C@H]2C[C@@H]87)Cc2cccc(c2C4=O)C3=O)(C2=CCNC3=C2CC[C@H](NC)N3)N1. The first-order valence-electron chi connectivity index (χ1n) is 36.0. The molecule has 11 bridgehead atoms. The number of guanidine groups is 1. The van der Waals surface area contributed by atoms with Crippen molar-refractivity contribution in [3.8, 4) is 5.75 Å². The Balaban J connectivity index is 0.895. The van der Waals surface area contributed by atoms with E-state index in [1.165, 1.54) is 48.8 Å². The van der Waals surface area contributed by atoms with Gasteiger partial charge in [0.05, 0.1) is 24.0 Å². The third-order valence-electron chi connectivity index (χ3n) is 25.4. The standard InChI is InChI=1S/C77H101N9O7/c1-45(38-74(28-13-30-82-72(80-4)86-74)62-26-31-81-70-55(62)23-24-64(79-3)85-70)25-29-76-67(89)56-22-12-20-51-40-73(2)27-9-8-16-48-17-10-19-50-41-75(84-44-46-14-6-5-7-15-46)42-61-52(35-58(49-18-11-21-53(87)33-49)60-32-47(39-73)43-83-69(60)78)34-54(88)36-59(61)66(63(75)37-57(48)50)92-71(91)77(76,93-76)68(90)65(51)56/h10-12,18-22,25-26,32-33,41,43,46,48,52,54,57-59,61,63-64,66,69,79,81,83-85,87-88H,5-9,13-17,23-24,27-31,34-40,42,44,78H2,1-4H3,(H2,80,82,86)/b45-25+/t48-,52-,54+,57-,58-,59+,61+,63+,64-,66+,69?,73+,74-,75+,76+,77+/m1/s1. The smallest absolute Gasteiger partial charge is 0.350 e. The Labute approximate surface area is 550 Å². The number of fused-ring (bicyclic) bond motifs is 3. The molecule has 6 aliphatic carbocycles. The number of aliphatic hydroxyl groups excluding tert-OH is 1. The van der Waals surface area contributed by atoms with Gasteiger partial charge < -0.3 is 62.6 Å². The van der Waals surface area contributed by atoms with Gasteiger partial charge in [-0.05, 0) is 216 Å². The van der Waals surface area contributed by atoms with Crippen molar-refractivity contribution in [1.29, 1.82) is 0 Å². The second-order valence-electron chi connectivity index (χ2n) is 31.2. The highest BCUT2D eigenvalue weighted by atomic mass is 16.7. The molecule has 0 radical (unpaired) electrons. The van der Waals surface area contributed by atoms with E-state index in [4.69, 9.17) is 20.2 Å². The summed E-state index contributed by atoms with van der Waals surface area (Å²) in [6, 6.07) is 13.4. The summed E-state index contributed by atoms with van der Waals surface area (Å²) in [5.74, 6) is 0.611. The molecule has 2 aromatic carbocycles. The lowest BCUT2D eigenvalue weighted by molar-refractivity contribution is -0.180. The van der Waals surface area contributed by atoms with Crippen LogP contribution in [0.15, 0.2) is 129 Å². The molecule has 93 heavy (non-hydrogen) atoms. The van der Waals surface area contributed by atoms with Gasteiger partial charge in [-0.25, -0.2) is 4.79 Å². The number of epoxide rings is 1. The number of carbonyl (C=O) groups is 3. The summed E-state index contributed by atoms with van der Waals surface area (Å²) >= 11 is 0. The number of phenolic OH excluding ortho intramolecular Hbond substituents is 1. The molecule has 2 saturated heterocycles. The van der Waals surface area contributed by atoms with Crippen molar-refractivity contribution < 1.29 is 34.1 Å². The summed E-state index contributed by atoms with van der Waals surface area (Å²) in [5.41, 5.74) is 10.8. The molecule has 16 heteroatoms. The fourth-order valence-electron chi connectivity index (χ4n) is 20.9. The molecule has 1 unspecified atom stereocenters. The van der Waals surface area contributed by atoms with E-state index in [1.54, 1.807) is 12.1 Å². The monoisotopic (exact) mass is 1260 g/mol. The van der Waals surface area contributed by atoms with Gasteiger partial charge in [0.1, 0.15) is 17.7 Å². The van der Waals surface area contributed by atoms with Gasteiger partial charge in [-0.2, -0.15) is 0 Å². The van der Waals surface area contributed by atoms with E-state index in [-0.39, 0.29) is 65.2 Å². The Kier molecular flexibility index (Phi) is 16.7. The summed E-state index contributed by atoms with van der Waals surface area (Å²) in [6.45, 7) is 6.70. The van der Waals surface area contributed by atoms with Gasteiger partial charge in [-0.3, -0.25) is 14.6 Å². The number of allylic oxidation sites excluding steroid dienone is 5. The minimum atomic E-state index is -2.26. The number of hydrogen-bond donors (Lipinski definition) is 10. The zero-order valence-electron chi connectivity index (χ0n) is 55.4. The molecule has 11 N–H and O–H groups in total. The zero-order chi connectivity index (χ0) is 64.0. The fraction of sp³-hybridized carbons (Fsp3) is 0.610. The van der Waals surface area contributed by atoms with E-state index in [1.807, 2.05) is 38.4 Å². The molecule has 7 aliphatic heterocycles. The lowest BCUT2D eigenvalue weighted by atomic mass is 9.50. The molecule has 1 spiro atoms. The van der Waals surface area contributed by atoms with Crippen LogP contribution in [-0.2, 0) is 20.7 Å². The van der Waals surface area contributed by atoms with Crippen LogP contribution in [0.2, 0.25) is 0 Å². The van der Waals surface area contributed by atoms with Crippen LogP contribution in [0.25, 0.3) is 0 Å². The van der Waals surface area contributed by atoms with Crippen molar-refractivity contribution in [2.24, 2.45) is 57.6 Å². The Bertz CT molecular complexity index is 3580. The number of ketones is 2. The number of benzene rings is 2. The van der Waals surface area contributed by atoms with Crippen molar-refractivity contribution in [2.45, 2.75) is 214 Å². The van der Waals surface area contributed by atoms with Gasteiger partial charge in [-0.1, -0.05) is 111 Å². The van der Waals surface area contributed by atoms with E-state index < -0.39 is 57.8 Å². The zero-order valence-corrected chi connectivity index (χ0v) is 55.4. The lowest BCUT2D eigenvalue weighted by Crippen LogP contribution is -2.67. The Morgan fingerprint density at radius 1 is 0.925 bits per heavy atom. The second kappa shape index (κ2) is 24.7. The number of nitrogens with zero attached hydrogens (tertiary/aromatic N) is 1. The molecule has 2 aromatic rings. The number of hydrogen-bond acceptors (Lipinski definition) is 14. The Morgan fingerprint density at radius 3 is 2.61 bits per heavy atom. The van der Waals surface area contributed by atoms with Crippen LogP contribution in [0.4, 0.5) is 0 Å². The number of aliphatic hydroxyl groups is 1. The molecule has 3 saturated carbocycles. The third-order valence-corrected chi connectivity index (χ3v) is 25.4. The number of nitrogens with one attached hydrogen (secondary N) is 7. The van der Waals surface area contributed by atoms with E-state index in [0.29, 0.717) is 62.5 Å². The summed E-state index contributed by atoms with van der Waals surface area (Å²) in [6.07, 6.45) is 33.7. The van der Waals surface area contributed by atoms with Gasteiger partial charge >= 0.3 is 5.97 Å². The highest BCUT2D eigenvalue weighted by molar-refractivity contribution is 6.33. The maximum Gasteiger partial charge on any atom is 0.350 e. The number of phenols is 1. The average molecular weight is 1260 g/mol. The van der Waals surface area contributed by atoms with Crippen LogP contribution in [-0.4, -0.2) is 114 Å². The normalized spacial score (nSPS) is 39.4. The molecule has 16 atom stereocenters. The molecule has 5 fully saturated rings. The van der Waals surface area contributed by atoms with Crippen molar-refractivity contribution in [2.75, 3.05) is 33.7 Å². The molecular weight excluding hydrogens is 1160 g/mol. The van der Waals surface area contributed by atoms with Crippen LogP contribution < -0.4 is 43.0 Å². The number of carbonyl (C=O) groups excluding carboxylic acids is 3. The second-order valence-corrected chi connectivity index (χ2v) is 31.2. The van der Waals surface area contributed by atoms with Crippen LogP contribution in [0.3, 0.4) is 0 Å². The molecule has 496 valence electrons. The van der Waals surface area contributed by atoms with E-state index >= 15 is 14.4 Å². The first kappa shape index (κ1) is 62.8. The van der Waals surface area contributed by atoms with Crippen LogP contribution >= 0.6 is 0 Å². The third kappa shape index (κ3) is 11.1. The summed E-state index contributed by atoms with van der Waals surface area (Å²) in [5, 5.41) is 50.2. The first-order chi connectivity index (χ1) is 45.0. The quantitative estimate of drug-likeness (QED) is 0.0461. The minimum absolute atomic E-state index is 0.00666. The van der Waals surface area contributed by atoms with Crippen molar-refractivity contribution in [3.05, 3.63) is 147 Å².